The fourth-order valence-corrected chi connectivity index (χ4v) is 1.89. The molecule has 2 heterocycles. The average molecular weight is 252 g/mol. The van der Waals surface area contributed by atoms with Crippen LogP contribution in [0.15, 0.2) is 59.5 Å². The fraction of sp³-hybridized carbons (Fsp3) is 0.0667. The van der Waals surface area contributed by atoms with Gasteiger partial charge < -0.3 is 4.42 Å². The zero-order valence-corrected chi connectivity index (χ0v) is 10.4. The standard InChI is InChI=1S/C15H12N2O2/c1-11-7-12(10-19-11)15(18)13-8-16-17(9-13)14-5-3-2-4-6-14/h2-10H,1H3. The molecule has 0 aliphatic heterocycles. The Morgan fingerprint density at radius 1 is 1.21 bits per heavy atom. The number of carbonyl (C=O) groups excluding carboxylic acids is 1. The third kappa shape index (κ3) is 2.20. The van der Waals surface area contributed by atoms with Crippen molar-refractivity contribution in [3.8, 4) is 5.69 Å². The van der Waals surface area contributed by atoms with Gasteiger partial charge in [0.1, 0.15) is 12.0 Å². The lowest BCUT2D eigenvalue weighted by molar-refractivity contribution is 0.103. The first-order chi connectivity index (χ1) is 9.24. The van der Waals surface area contributed by atoms with Crippen molar-refractivity contribution in [3.63, 3.8) is 0 Å². The van der Waals surface area contributed by atoms with Crippen LogP contribution in [0.1, 0.15) is 21.7 Å². The minimum absolute atomic E-state index is 0.0842. The predicted molar refractivity (Wildman–Crippen MR) is 70.4 cm³/mol. The maximum absolute atomic E-state index is 12.2. The summed E-state index contributed by atoms with van der Waals surface area (Å²) in [5, 5.41) is 4.21. The van der Waals surface area contributed by atoms with Gasteiger partial charge in [-0.25, -0.2) is 4.68 Å². The first-order valence-corrected chi connectivity index (χ1v) is 5.94. The molecule has 0 bridgehead atoms. The van der Waals surface area contributed by atoms with Gasteiger partial charge in [-0.3, -0.25) is 4.79 Å². The highest BCUT2D eigenvalue weighted by Gasteiger charge is 2.13. The molecule has 0 N–H and O–H groups in total. The average Bonchev–Trinajstić information content (AvgIpc) is 3.08. The van der Waals surface area contributed by atoms with Gasteiger partial charge in [0.25, 0.3) is 0 Å². The summed E-state index contributed by atoms with van der Waals surface area (Å²) in [6.07, 6.45) is 4.76. The minimum Gasteiger partial charge on any atom is -0.469 e. The van der Waals surface area contributed by atoms with E-state index in [1.54, 1.807) is 23.1 Å². The van der Waals surface area contributed by atoms with Gasteiger partial charge in [0.15, 0.2) is 5.78 Å². The summed E-state index contributed by atoms with van der Waals surface area (Å²) in [6.45, 7) is 1.81. The summed E-state index contributed by atoms with van der Waals surface area (Å²) in [4.78, 5) is 12.2. The molecular formula is C15H12N2O2. The minimum atomic E-state index is -0.0842. The van der Waals surface area contributed by atoms with Gasteiger partial charge in [0.05, 0.1) is 23.0 Å². The van der Waals surface area contributed by atoms with E-state index < -0.39 is 0 Å². The number of rotatable bonds is 3. The molecule has 3 aromatic rings. The van der Waals surface area contributed by atoms with E-state index in [0.29, 0.717) is 11.1 Å². The maximum Gasteiger partial charge on any atom is 0.199 e. The molecule has 0 saturated carbocycles. The van der Waals surface area contributed by atoms with Gasteiger partial charge in [0.2, 0.25) is 0 Å². The largest absolute Gasteiger partial charge is 0.469 e. The molecule has 0 amide bonds. The lowest BCUT2D eigenvalue weighted by Gasteiger charge is -1.98. The molecule has 19 heavy (non-hydrogen) atoms. The number of furan rings is 1. The predicted octanol–water partition coefficient (Wildman–Crippen LogP) is 3.00. The SMILES string of the molecule is Cc1cc(C(=O)c2cnn(-c3ccccc3)c2)co1. The van der Waals surface area contributed by atoms with Gasteiger partial charge in [0, 0.05) is 6.20 Å². The van der Waals surface area contributed by atoms with Gasteiger partial charge in [-0.15, -0.1) is 0 Å². The molecule has 0 fully saturated rings. The molecule has 94 valence electrons. The first kappa shape index (κ1) is 11.5. The van der Waals surface area contributed by atoms with Crippen molar-refractivity contribution in [2.45, 2.75) is 6.92 Å². The van der Waals surface area contributed by atoms with Gasteiger partial charge in [-0.05, 0) is 25.1 Å². The Morgan fingerprint density at radius 3 is 2.68 bits per heavy atom. The molecule has 0 unspecified atom stereocenters. The van der Waals surface area contributed by atoms with Crippen molar-refractivity contribution < 1.29 is 9.21 Å². The molecule has 1 aromatic carbocycles. The number of aromatic nitrogens is 2. The quantitative estimate of drug-likeness (QED) is 0.673. The molecule has 0 spiro atoms. The van der Waals surface area contributed by atoms with E-state index in [1.807, 2.05) is 37.3 Å². The zero-order chi connectivity index (χ0) is 13.2. The van der Waals surface area contributed by atoms with Crippen LogP contribution in [0.25, 0.3) is 5.69 Å². The smallest absolute Gasteiger partial charge is 0.199 e. The molecule has 0 aliphatic carbocycles. The van der Waals surface area contributed by atoms with Crippen molar-refractivity contribution in [2.24, 2.45) is 0 Å². The number of nitrogens with zero attached hydrogens (tertiary/aromatic N) is 2. The second-order valence-electron chi connectivity index (χ2n) is 4.28. The van der Waals surface area contributed by atoms with Crippen LogP contribution in [0.2, 0.25) is 0 Å². The normalized spacial score (nSPS) is 10.6. The topological polar surface area (TPSA) is 48.0 Å². The van der Waals surface area contributed by atoms with Crippen molar-refractivity contribution in [1.82, 2.24) is 9.78 Å². The van der Waals surface area contributed by atoms with Gasteiger partial charge >= 0.3 is 0 Å². The second kappa shape index (κ2) is 4.57. The fourth-order valence-electron chi connectivity index (χ4n) is 1.89. The highest BCUT2D eigenvalue weighted by molar-refractivity contribution is 6.08. The second-order valence-corrected chi connectivity index (χ2v) is 4.28. The molecule has 4 nitrogen and oxygen atoms in total. The monoisotopic (exact) mass is 252 g/mol. The molecule has 0 saturated heterocycles. The molecular weight excluding hydrogens is 240 g/mol. The summed E-state index contributed by atoms with van der Waals surface area (Å²) in [5.74, 6) is 0.637. The summed E-state index contributed by atoms with van der Waals surface area (Å²) in [5.41, 5.74) is 2.01. The molecule has 0 atom stereocenters. The number of benzene rings is 1. The third-order valence-corrected chi connectivity index (χ3v) is 2.86. The molecule has 4 heteroatoms. The van der Waals surface area contributed by atoms with Crippen LogP contribution in [0.4, 0.5) is 0 Å². The Kier molecular flexibility index (Phi) is 2.76. The van der Waals surface area contributed by atoms with Crippen LogP contribution < -0.4 is 0 Å². The summed E-state index contributed by atoms with van der Waals surface area (Å²) >= 11 is 0. The summed E-state index contributed by atoms with van der Waals surface area (Å²) in [6, 6.07) is 11.4. The number of para-hydroxylation sites is 1. The van der Waals surface area contributed by atoms with Crippen molar-refractivity contribution in [2.75, 3.05) is 0 Å². The van der Waals surface area contributed by atoms with Crippen LogP contribution in [-0.4, -0.2) is 15.6 Å². The van der Waals surface area contributed by atoms with E-state index in [9.17, 15) is 4.79 Å². The van der Waals surface area contributed by atoms with E-state index in [2.05, 4.69) is 5.10 Å². The molecule has 3 rings (SSSR count). The van der Waals surface area contributed by atoms with E-state index in [-0.39, 0.29) is 5.78 Å². The van der Waals surface area contributed by atoms with E-state index in [4.69, 9.17) is 4.42 Å². The lowest BCUT2D eigenvalue weighted by atomic mass is 10.1. The highest BCUT2D eigenvalue weighted by atomic mass is 16.3. The lowest BCUT2D eigenvalue weighted by Crippen LogP contribution is -1.98. The number of hydrogen-bond acceptors (Lipinski definition) is 3. The van der Waals surface area contributed by atoms with Gasteiger partial charge in [-0.2, -0.15) is 5.10 Å². The van der Waals surface area contributed by atoms with Gasteiger partial charge in [-0.1, -0.05) is 18.2 Å². The Bertz CT molecular complexity index is 711. The van der Waals surface area contributed by atoms with Crippen LogP contribution >= 0.6 is 0 Å². The van der Waals surface area contributed by atoms with Crippen LogP contribution in [0, 0.1) is 6.92 Å². The van der Waals surface area contributed by atoms with E-state index >= 15 is 0 Å². The molecule has 0 radical (unpaired) electrons. The molecule has 2 aromatic heterocycles. The number of ketones is 1. The number of carbonyl (C=O) groups is 1. The maximum atomic E-state index is 12.2. The Balaban J connectivity index is 1.92. The van der Waals surface area contributed by atoms with Crippen LogP contribution in [0.5, 0.6) is 0 Å². The summed E-state index contributed by atoms with van der Waals surface area (Å²) in [7, 11) is 0. The Morgan fingerprint density at radius 2 is 2.00 bits per heavy atom. The third-order valence-electron chi connectivity index (χ3n) is 2.86. The summed E-state index contributed by atoms with van der Waals surface area (Å²) < 4.78 is 6.83. The number of hydrogen-bond donors (Lipinski definition) is 0. The highest BCUT2D eigenvalue weighted by Crippen LogP contribution is 2.14. The van der Waals surface area contributed by atoms with Crippen molar-refractivity contribution in [1.29, 1.82) is 0 Å². The van der Waals surface area contributed by atoms with Crippen LogP contribution in [0.3, 0.4) is 0 Å². The molecule has 0 aliphatic rings. The first-order valence-electron chi connectivity index (χ1n) is 5.94. The number of aryl methyl sites for hydroxylation is 1. The van der Waals surface area contributed by atoms with E-state index in [0.717, 1.165) is 11.4 Å². The Labute approximate surface area is 110 Å². The zero-order valence-electron chi connectivity index (χ0n) is 10.4. The van der Waals surface area contributed by atoms with Crippen molar-refractivity contribution >= 4 is 5.78 Å². The Hall–Kier alpha value is -2.62. The van der Waals surface area contributed by atoms with Crippen LogP contribution in [-0.2, 0) is 0 Å². The van der Waals surface area contributed by atoms with E-state index in [1.165, 1.54) is 6.26 Å². The van der Waals surface area contributed by atoms with Crippen molar-refractivity contribution in [3.05, 3.63) is 71.9 Å².